The van der Waals surface area contributed by atoms with Gasteiger partial charge in [0.1, 0.15) is 5.69 Å². The molecule has 1 atom stereocenters. The van der Waals surface area contributed by atoms with Crippen LogP contribution in [0.1, 0.15) is 12.0 Å². The van der Waals surface area contributed by atoms with Gasteiger partial charge >= 0.3 is 0 Å². The van der Waals surface area contributed by atoms with Gasteiger partial charge in [-0.15, -0.1) is 0 Å². The summed E-state index contributed by atoms with van der Waals surface area (Å²) in [7, 11) is 0. The maximum Gasteiger partial charge on any atom is 0.266 e. The third-order valence-corrected chi connectivity index (χ3v) is 5.09. The van der Waals surface area contributed by atoms with Gasteiger partial charge < -0.3 is 4.90 Å². The maximum absolute atomic E-state index is 12.5. The lowest BCUT2D eigenvalue weighted by atomic mass is 10.1. The molecule has 1 fully saturated rings. The van der Waals surface area contributed by atoms with E-state index in [1.54, 1.807) is 27.9 Å². The Hall–Kier alpha value is -2.61. The fourth-order valence-electron chi connectivity index (χ4n) is 3.36. The van der Waals surface area contributed by atoms with Gasteiger partial charge in [0.2, 0.25) is 5.91 Å². The summed E-state index contributed by atoms with van der Waals surface area (Å²) in [6.07, 6.45) is 2.67. The third kappa shape index (κ3) is 3.62. The van der Waals surface area contributed by atoms with Crippen LogP contribution < -0.4 is 0 Å². The number of nitrogens with zero attached hydrogens (tertiary/aromatic N) is 4. The molecule has 0 spiro atoms. The maximum atomic E-state index is 12.5. The average Bonchev–Trinajstić information content (AvgIpc) is 3.16. The second-order valence-electron chi connectivity index (χ2n) is 6.42. The van der Waals surface area contributed by atoms with Crippen LogP contribution in [0.5, 0.6) is 0 Å². The monoisotopic (exact) mass is 432 g/mol. The number of hydrogen-bond donors (Lipinski definition) is 0. The Kier molecular flexibility index (Phi) is 4.73. The number of hydrogen-bond acceptors (Lipinski definition) is 3. The molecule has 4 rings (SSSR count). The van der Waals surface area contributed by atoms with Crippen LogP contribution >= 0.6 is 15.9 Å². The van der Waals surface area contributed by atoms with Crippen LogP contribution in [-0.4, -0.2) is 31.9 Å². The Morgan fingerprint density at radius 2 is 2.07 bits per heavy atom. The van der Waals surface area contributed by atoms with Crippen LogP contribution in [0.4, 0.5) is 8.78 Å². The van der Waals surface area contributed by atoms with E-state index in [4.69, 9.17) is 0 Å². The van der Waals surface area contributed by atoms with Crippen molar-refractivity contribution in [3.8, 4) is 11.3 Å². The molecule has 3 aromatic rings. The van der Waals surface area contributed by atoms with Crippen molar-refractivity contribution in [2.75, 3.05) is 6.54 Å². The van der Waals surface area contributed by atoms with Gasteiger partial charge in [0.25, 0.3) is 6.08 Å². The molecular weight excluding hydrogens is 418 g/mol. The van der Waals surface area contributed by atoms with E-state index in [2.05, 4.69) is 26.0 Å². The van der Waals surface area contributed by atoms with Crippen LogP contribution in [0.3, 0.4) is 0 Å². The van der Waals surface area contributed by atoms with Crippen LogP contribution in [0.25, 0.3) is 16.9 Å². The molecule has 0 N–H and O–H groups in total. The summed E-state index contributed by atoms with van der Waals surface area (Å²) in [5, 5.41) is 4.62. The molecule has 1 saturated heterocycles. The summed E-state index contributed by atoms with van der Waals surface area (Å²) < 4.78 is 27.7. The Balaban J connectivity index is 1.72. The quantitative estimate of drug-likeness (QED) is 0.617. The van der Waals surface area contributed by atoms with Crippen molar-refractivity contribution in [3.05, 3.63) is 64.9 Å². The zero-order chi connectivity index (χ0) is 19.0. The van der Waals surface area contributed by atoms with E-state index in [0.717, 1.165) is 27.4 Å². The van der Waals surface area contributed by atoms with E-state index in [9.17, 15) is 13.6 Å². The minimum Gasteiger partial charge on any atom is -0.338 e. The number of benzene rings is 1. The molecule has 138 valence electrons. The Labute approximate surface area is 162 Å². The first-order valence-electron chi connectivity index (χ1n) is 8.40. The molecule has 0 aliphatic carbocycles. The normalized spacial score (nSPS) is 16.9. The van der Waals surface area contributed by atoms with Crippen molar-refractivity contribution in [2.45, 2.75) is 13.0 Å². The predicted octanol–water partition coefficient (Wildman–Crippen LogP) is 4.29. The summed E-state index contributed by atoms with van der Waals surface area (Å²) in [6, 6.07) is 9.49. The van der Waals surface area contributed by atoms with Gasteiger partial charge in [0.05, 0.1) is 6.54 Å². The van der Waals surface area contributed by atoms with E-state index >= 15 is 0 Å². The lowest BCUT2D eigenvalue weighted by Crippen LogP contribution is -2.24. The molecule has 0 bridgehead atoms. The minimum absolute atomic E-state index is 0.0948. The molecular formula is C19H15BrF2N4O. The lowest BCUT2D eigenvalue weighted by molar-refractivity contribution is -0.128. The number of rotatable bonds is 4. The van der Waals surface area contributed by atoms with E-state index < -0.39 is 12.0 Å². The van der Waals surface area contributed by atoms with Crippen molar-refractivity contribution in [3.63, 3.8) is 0 Å². The Bertz CT molecular complexity index is 1030. The standard InChI is InChI=1S/C19H15BrF2N4O/c20-14-4-2-13(3-5-14)18-15(19-23-6-1-7-26(19)24-18)11-25-10-12(8-16(21)22)9-17(25)27/h1-8,12H,9-11H2. The van der Waals surface area contributed by atoms with Crippen molar-refractivity contribution in [2.24, 2.45) is 5.92 Å². The van der Waals surface area contributed by atoms with Gasteiger partial charge in [-0.2, -0.15) is 13.9 Å². The average molecular weight is 433 g/mol. The molecule has 1 aliphatic heterocycles. The summed E-state index contributed by atoms with van der Waals surface area (Å²) in [4.78, 5) is 18.3. The van der Waals surface area contributed by atoms with Crippen molar-refractivity contribution < 1.29 is 13.6 Å². The molecule has 2 aromatic heterocycles. The van der Waals surface area contributed by atoms with Crippen LogP contribution in [0, 0.1) is 5.92 Å². The largest absolute Gasteiger partial charge is 0.338 e. The zero-order valence-corrected chi connectivity index (χ0v) is 15.7. The molecule has 3 heterocycles. The van der Waals surface area contributed by atoms with Crippen molar-refractivity contribution >= 4 is 27.5 Å². The van der Waals surface area contributed by atoms with E-state index in [1.165, 1.54) is 0 Å². The number of fused-ring (bicyclic) bond motifs is 1. The van der Waals surface area contributed by atoms with Gasteiger partial charge in [-0.3, -0.25) is 4.79 Å². The topological polar surface area (TPSA) is 50.5 Å². The summed E-state index contributed by atoms with van der Waals surface area (Å²) in [5.41, 5.74) is 3.08. The number of carbonyl (C=O) groups excluding carboxylic acids is 1. The number of amides is 1. The predicted molar refractivity (Wildman–Crippen MR) is 99.9 cm³/mol. The molecule has 0 radical (unpaired) electrons. The molecule has 1 amide bonds. The Morgan fingerprint density at radius 1 is 1.30 bits per heavy atom. The van der Waals surface area contributed by atoms with Crippen LogP contribution in [0.15, 0.2) is 59.4 Å². The Morgan fingerprint density at radius 3 is 2.81 bits per heavy atom. The van der Waals surface area contributed by atoms with E-state index in [1.807, 2.05) is 24.3 Å². The molecule has 0 saturated carbocycles. The SMILES string of the molecule is O=C1CC(C=C(F)F)CN1Cc1c(-c2ccc(Br)cc2)nn2cccnc12. The van der Waals surface area contributed by atoms with Gasteiger partial charge in [-0.1, -0.05) is 28.1 Å². The number of aromatic nitrogens is 3. The summed E-state index contributed by atoms with van der Waals surface area (Å²) in [5.74, 6) is -0.608. The first kappa shape index (κ1) is 17.8. The first-order chi connectivity index (χ1) is 13.0. The van der Waals surface area contributed by atoms with Gasteiger partial charge in [0, 0.05) is 46.9 Å². The van der Waals surface area contributed by atoms with Gasteiger partial charge in [0.15, 0.2) is 5.65 Å². The summed E-state index contributed by atoms with van der Waals surface area (Å²) in [6.45, 7) is 0.545. The highest BCUT2D eigenvalue weighted by Crippen LogP contribution is 2.30. The fraction of sp³-hybridized carbons (Fsp3) is 0.211. The highest BCUT2D eigenvalue weighted by molar-refractivity contribution is 9.10. The molecule has 1 aromatic carbocycles. The molecule has 1 aliphatic rings. The van der Waals surface area contributed by atoms with Gasteiger partial charge in [-0.05, 0) is 24.3 Å². The molecule has 27 heavy (non-hydrogen) atoms. The van der Waals surface area contributed by atoms with E-state index in [-0.39, 0.29) is 25.4 Å². The van der Waals surface area contributed by atoms with Crippen LogP contribution in [0.2, 0.25) is 0 Å². The van der Waals surface area contributed by atoms with E-state index in [0.29, 0.717) is 5.65 Å². The highest BCUT2D eigenvalue weighted by atomic mass is 79.9. The molecule has 5 nitrogen and oxygen atoms in total. The second kappa shape index (κ2) is 7.19. The smallest absolute Gasteiger partial charge is 0.266 e. The number of carbonyl (C=O) groups is 1. The third-order valence-electron chi connectivity index (χ3n) is 4.56. The lowest BCUT2D eigenvalue weighted by Gasteiger charge is -2.16. The fourth-order valence-corrected chi connectivity index (χ4v) is 3.62. The molecule has 1 unspecified atom stereocenters. The van der Waals surface area contributed by atoms with Gasteiger partial charge in [-0.25, -0.2) is 9.50 Å². The van der Waals surface area contributed by atoms with Crippen LogP contribution in [-0.2, 0) is 11.3 Å². The molecule has 8 heteroatoms. The first-order valence-corrected chi connectivity index (χ1v) is 9.19. The number of halogens is 3. The van der Waals surface area contributed by atoms with Crippen molar-refractivity contribution in [1.29, 1.82) is 0 Å². The van der Waals surface area contributed by atoms with Crippen molar-refractivity contribution in [1.82, 2.24) is 19.5 Å². The highest BCUT2D eigenvalue weighted by Gasteiger charge is 2.30. The second-order valence-corrected chi connectivity index (χ2v) is 7.33. The zero-order valence-electron chi connectivity index (χ0n) is 14.1. The minimum atomic E-state index is -1.75. The summed E-state index contributed by atoms with van der Waals surface area (Å²) >= 11 is 3.42. The number of likely N-dealkylation sites (tertiary alicyclic amines) is 1.